The summed E-state index contributed by atoms with van der Waals surface area (Å²) in [6.07, 6.45) is 4.60. The zero-order chi connectivity index (χ0) is 23.2. The molecule has 1 aromatic heterocycles. The Hall–Kier alpha value is -3.62. The Balaban J connectivity index is 1.32. The van der Waals surface area contributed by atoms with Crippen LogP contribution in [-0.4, -0.2) is 33.1 Å². The molecular formula is C24H25F2N5O2. The molecule has 2 heterocycles. The van der Waals surface area contributed by atoms with Crippen molar-refractivity contribution < 1.29 is 18.4 Å². The summed E-state index contributed by atoms with van der Waals surface area (Å²) in [7, 11) is 0. The molecule has 0 unspecified atom stereocenters. The van der Waals surface area contributed by atoms with Crippen LogP contribution < -0.4 is 10.6 Å². The van der Waals surface area contributed by atoms with Gasteiger partial charge in [-0.2, -0.15) is 0 Å². The zero-order valence-corrected chi connectivity index (χ0v) is 18.1. The Morgan fingerprint density at radius 3 is 2.64 bits per heavy atom. The van der Waals surface area contributed by atoms with E-state index in [0.717, 1.165) is 38.1 Å². The van der Waals surface area contributed by atoms with Crippen LogP contribution in [0, 0.1) is 11.6 Å². The third-order valence-electron chi connectivity index (χ3n) is 5.58. The predicted molar refractivity (Wildman–Crippen MR) is 120 cm³/mol. The highest BCUT2D eigenvalue weighted by molar-refractivity contribution is 5.94. The van der Waals surface area contributed by atoms with Crippen molar-refractivity contribution in [3.8, 4) is 11.4 Å². The molecule has 7 nitrogen and oxygen atoms in total. The van der Waals surface area contributed by atoms with Gasteiger partial charge in [0.05, 0.1) is 5.69 Å². The second-order valence-corrected chi connectivity index (χ2v) is 8.01. The highest BCUT2D eigenvalue weighted by atomic mass is 19.1. The number of hydrogen-bond acceptors (Lipinski definition) is 4. The van der Waals surface area contributed by atoms with Crippen LogP contribution in [0.5, 0.6) is 0 Å². The van der Waals surface area contributed by atoms with Crippen LogP contribution in [0.25, 0.3) is 11.4 Å². The van der Waals surface area contributed by atoms with Crippen molar-refractivity contribution >= 4 is 17.5 Å². The van der Waals surface area contributed by atoms with Crippen LogP contribution in [0.4, 0.5) is 14.5 Å². The summed E-state index contributed by atoms with van der Waals surface area (Å²) < 4.78 is 29.3. The third kappa shape index (κ3) is 5.60. The molecule has 0 saturated heterocycles. The largest absolute Gasteiger partial charge is 0.352 e. The van der Waals surface area contributed by atoms with Gasteiger partial charge in [-0.05, 0) is 61.7 Å². The van der Waals surface area contributed by atoms with Gasteiger partial charge in [-0.3, -0.25) is 9.59 Å². The summed E-state index contributed by atoms with van der Waals surface area (Å²) in [5.41, 5.74) is 1.11. The normalized spacial score (nSPS) is 13.2. The maximum Gasteiger partial charge on any atom is 0.251 e. The van der Waals surface area contributed by atoms with Gasteiger partial charge in [0.15, 0.2) is 5.82 Å². The summed E-state index contributed by atoms with van der Waals surface area (Å²) in [6, 6.07) is 9.72. The number of rotatable bonds is 7. The molecule has 0 atom stereocenters. The lowest BCUT2D eigenvalue weighted by Gasteiger charge is -2.11. The third-order valence-corrected chi connectivity index (χ3v) is 5.58. The van der Waals surface area contributed by atoms with Crippen molar-refractivity contribution in [3.63, 3.8) is 0 Å². The number of hydrogen-bond donors (Lipinski definition) is 2. The van der Waals surface area contributed by atoms with E-state index in [4.69, 9.17) is 0 Å². The molecule has 3 aromatic rings. The Morgan fingerprint density at radius 1 is 1.00 bits per heavy atom. The van der Waals surface area contributed by atoms with Gasteiger partial charge in [-0.15, -0.1) is 10.2 Å². The summed E-state index contributed by atoms with van der Waals surface area (Å²) in [6.45, 7) is 1.08. The quantitative estimate of drug-likeness (QED) is 0.527. The lowest BCUT2D eigenvalue weighted by molar-refractivity contribution is -0.116. The number of fused-ring (bicyclic) bond motifs is 1. The minimum Gasteiger partial charge on any atom is -0.352 e. The topological polar surface area (TPSA) is 88.9 Å². The summed E-state index contributed by atoms with van der Waals surface area (Å²) >= 11 is 0. The predicted octanol–water partition coefficient (Wildman–Crippen LogP) is 4.10. The summed E-state index contributed by atoms with van der Waals surface area (Å²) in [4.78, 5) is 24.3. The average Bonchev–Trinajstić information content (AvgIpc) is 3.06. The van der Waals surface area contributed by atoms with E-state index in [0.29, 0.717) is 23.4 Å². The molecule has 0 saturated carbocycles. The van der Waals surface area contributed by atoms with Crippen molar-refractivity contribution in [1.82, 2.24) is 20.1 Å². The maximum absolute atomic E-state index is 14.3. The van der Waals surface area contributed by atoms with Gasteiger partial charge in [0, 0.05) is 37.1 Å². The molecule has 0 aliphatic carbocycles. The second kappa shape index (κ2) is 10.3. The van der Waals surface area contributed by atoms with Gasteiger partial charge < -0.3 is 15.2 Å². The fraction of sp³-hybridized carbons (Fsp3) is 0.333. The van der Waals surface area contributed by atoms with E-state index < -0.39 is 11.6 Å². The van der Waals surface area contributed by atoms with E-state index in [2.05, 4.69) is 25.4 Å². The Bertz CT molecular complexity index is 1140. The number of nitrogens with zero attached hydrogens (tertiary/aromatic N) is 3. The number of halogens is 2. The molecule has 2 amide bonds. The fourth-order valence-corrected chi connectivity index (χ4v) is 3.83. The highest BCUT2D eigenvalue weighted by Crippen LogP contribution is 2.26. The SMILES string of the molecule is O=C(CCCNC(=O)c1ccc(F)cc1)Nc1cc(-c2nnc3n2CCCCC3)ccc1F. The molecule has 1 aliphatic heterocycles. The monoisotopic (exact) mass is 453 g/mol. The molecule has 0 spiro atoms. The Labute approximate surface area is 190 Å². The van der Waals surface area contributed by atoms with Crippen molar-refractivity contribution in [2.75, 3.05) is 11.9 Å². The fourth-order valence-electron chi connectivity index (χ4n) is 3.83. The van der Waals surface area contributed by atoms with Gasteiger partial charge in [0.25, 0.3) is 5.91 Å². The first kappa shape index (κ1) is 22.6. The Kier molecular flexibility index (Phi) is 7.07. The number of anilines is 1. The lowest BCUT2D eigenvalue weighted by Crippen LogP contribution is -2.25. The van der Waals surface area contributed by atoms with Crippen LogP contribution in [0.1, 0.15) is 48.3 Å². The smallest absolute Gasteiger partial charge is 0.251 e. The molecule has 9 heteroatoms. The van der Waals surface area contributed by atoms with Gasteiger partial charge in [0.1, 0.15) is 17.5 Å². The first-order valence-corrected chi connectivity index (χ1v) is 11.1. The van der Waals surface area contributed by atoms with Gasteiger partial charge >= 0.3 is 0 Å². The van der Waals surface area contributed by atoms with E-state index in [1.165, 1.54) is 30.3 Å². The van der Waals surface area contributed by atoms with E-state index in [1.807, 2.05) is 0 Å². The number of amides is 2. The van der Waals surface area contributed by atoms with Crippen LogP contribution in [-0.2, 0) is 17.8 Å². The standard InChI is InChI=1S/C24H25F2N5O2/c25-18-10-7-16(8-11-18)24(33)27-13-4-6-22(32)28-20-15-17(9-12-19(20)26)23-30-29-21-5-2-1-3-14-31(21)23/h7-12,15H,1-6,13-14H2,(H,27,33)(H,28,32). The molecule has 172 valence electrons. The molecular weight excluding hydrogens is 428 g/mol. The number of aryl methyl sites for hydroxylation is 1. The van der Waals surface area contributed by atoms with Crippen LogP contribution in [0.15, 0.2) is 42.5 Å². The van der Waals surface area contributed by atoms with Crippen LogP contribution in [0.2, 0.25) is 0 Å². The number of carbonyl (C=O) groups excluding carboxylic acids is 2. The van der Waals surface area contributed by atoms with Gasteiger partial charge in [-0.1, -0.05) is 6.42 Å². The lowest BCUT2D eigenvalue weighted by atomic mass is 10.1. The highest BCUT2D eigenvalue weighted by Gasteiger charge is 2.17. The van der Waals surface area contributed by atoms with Gasteiger partial charge in [-0.25, -0.2) is 8.78 Å². The molecule has 33 heavy (non-hydrogen) atoms. The Morgan fingerprint density at radius 2 is 1.82 bits per heavy atom. The molecule has 0 radical (unpaired) electrons. The van der Waals surface area contributed by atoms with Crippen molar-refractivity contribution in [2.24, 2.45) is 0 Å². The van der Waals surface area contributed by atoms with E-state index in [-0.39, 0.29) is 30.5 Å². The number of nitrogens with one attached hydrogen (secondary N) is 2. The van der Waals surface area contributed by atoms with Crippen molar-refractivity contribution in [2.45, 2.75) is 45.1 Å². The summed E-state index contributed by atoms with van der Waals surface area (Å²) in [5.74, 6) is -0.0546. The average molecular weight is 453 g/mol. The number of carbonyl (C=O) groups is 2. The second-order valence-electron chi connectivity index (χ2n) is 8.01. The molecule has 1 aliphatic rings. The first-order chi connectivity index (χ1) is 16.0. The molecule has 0 bridgehead atoms. The molecule has 0 fully saturated rings. The minimum absolute atomic E-state index is 0.0822. The first-order valence-electron chi connectivity index (χ1n) is 11.1. The van der Waals surface area contributed by atoms with Crippen molar-refractivity contribution in [1.29, 1.82) is 0 Å². The minimum atomic E-state index is -0.535. The molecule has 2 aromatic carbocycles. The number of aromatic nitrogens is 3. The molecule has 4 rings (SSSR count). The molecule has 2 N–H and O–H groups in total. The number of benzene rings is 2. The maximum atomic E-state index is 14.3. The zero-order valence-electron chi connectivity index (χ0n) is 18.1. The van der Waals surface area contributed by atoms with Crippen molar-refractivity contribution in [3.05, 3.63) is 65.5 Å². The van der Waals surface area contributed by atoms with E-state index >= 15 is 0 Å². The van der Waals surface area contributed by atoms with E-state index in [1.54, 1.807) is 12.1 Å². The van der Waals surface area contributed by atoms with E-state index in [9.17, 15) is 18.4 Å². The van der Waals surface area contributed by atoms with Crippen LogP contribution in [0.3, 0.4) is 0 Å². The van der Waals surface area contributed by atoms with Gasteiger partial charge in [0.2, 0.25) is 5.91 Å². The summed E-state index contributed by atoms with van der Waals surface area (Å²) in [5, 5.41) is 13.8. The van der Waals surface area contributed by atoms with Crippen LogP contribution >= 0.6 is 0 Å².